The Bertz CT molecular complexity index is 1310. The Labute approximate surface area is 207 Å². The SMILES string of the molecule is CCN1CCN(c2ccc(C(=O)Nc3[nH]nc4sc(C(=O)NCc5ccccc5)cc34)cc2)CC1. The zero-order valence-electron chi connectivity index (χ0n) is 19.6. The summed E-state index contributed by atoms with van der Waals surface area (Å²) >= 11 is 1.29. The van der Waals surface area contributed by atoms with Crippen LogP contribution in [0.5, 0.6) is 0 Å². The molecule has 4 aromatic rings. The minimum absolute atomic E-state index is 0.163. The normalized spacial score (nSPS) is 14.3. The number of aromatic amines is 1. The van der Waals surface area contributed by atoms with Gasteiger partial charge in [0.1, 0.15) is 10.6 Å². The first-order valence-electron chi connectivity index (χ1n) is 11.8. The third-order valence-electron chi connectivity index (χ3n) is 6.32. The lowest BCUT2D eigenvalue weighted by Crippen LogP contribution is -2.46. The van der Waals surface area contributed by atoms with Crippen molar-refractivity contribution >= 4 is 44.9 Å². The largest absolute Gasteiger partial charge is 0.369 e. The molecule has 2 amide bonds. The molecular weight excluding hydrogens is 460 g/mol. The van der Waals surface area contributed by atoms with Gasteiger partial charge in [-0.2, -0.15) is 5.10 Å². The van der Waals surface area contributed by atoms with Crippen LogP contribution in [0.4, 0.5) is 11.5 Å². The lowest BCUT2D eigenvalue weighted by atomic mass is 10.1. The maximum Gasteiger partial charge on any atom is 0.261 e. The van der Waals surface area contributed by atoms with E-state index in [4.69, 9.17) is 0 Å². The number of thiophene rings is 1. The van der Waals surface area contributed by atoms with Crippen LogP contribution in [-0.2, 0) is 6.54 Å². The third kappa shape index (κ3) is 5.21. The Morgan fingerprint density at radius 2 is 1.74 bits per heavy atom. The zero-order valence-corrected chi connectivity index (χ0v) is 20.4. The molecule has 0 atom stereocenters. The Morgan fingerprint density at radius 3 is 2.46 bits per heavy atom. The van der Waals surface area contributed by atoms with Crippen molar-refractivity contribution in [1.29, 1.82) is 0 Å². The maximum atomic E-state index is 12.9. The summed E-state index contributed by atoms with van der Waals surface area (Å²) in [5, 5.41) is 13.7. The first kappa shape index (κ1) is 23.1. The zero-order chi connectivity index (χ0) is 24.2. The first-order valence-corrected chi connectivity index (χ1v) is 12.6. The fourth-order valence-corrected chi connectivity index (χ4v) is 5.13. The number of hydrogen-bond acceptors (Lipinski definition) is 6. The van der Waals surface area contributed by atoms with Gasteiger partial charge in [0.05, 0.1) is 10.3 Å². The second kappa shape index (κ2) is 10.3. The van der Waals surface area contributed by atoms with Crippen molar-refractivity contribution in [3.05, 3.63) is 76.7 Å². The number of hydrogen-bond donors (Lipinski definition) is 3. The highest BCUT2D eigenvalue weighted by Gasteiger charge is 2.18. The van der Waals surface area contributed by atoms with E-state index in [-0.39, 0.29) is 11.8 Å². The van der Waals surface area contributed by atoms with E-state index in [0.29, 0.717) is 27.6 Å². The van der Waals surface area contributed by atoms with Gasteiger partial charge in [-0.15, -0.1) is 11.3 Å². The number of H-pyrrole nitrogens is 1. The Kier molecular flexibility index (Phi) is 6.78. The van der Waals surface area contributed by atoms with Crippen LogP contribution in [0.15, 0.2) is 60.7 Å². The van der Waals surface area contributed by atoms with Gasteiger partial charge in [-0.3, -0.25) is 14.7 Å². The molecule has 0 saturated carbocycles. The van der Waals surface area contributed by atoms with Crippen molar-refractivity contribution < 1.29 is 9.59 Å². The van der Waals surface area contributed by atoms with Crippen molar-refractivity contribution in [1.82, 2.24) is 20.4 Å². The van der Waals surface area contributed by atoms with E-state index < -0.39 is 0 Å². The van der Waals surface area contributed by atoms with E-state index >= 15 is 0 Å². The van der Waals surface area contributed by atoms with Crippen LogP contribution < -0.4 is 15.5 Å². The summed E-state index contributed by atoms with van der Waals surface area (Å²) in [6.07, 6.45) is 0. The average molecular weight is 489 g/mol. The minimum Gasteiger partial charge on any atom is -0.369 e. The summed E-state index contributed by atoms with van der Waals surface area (Å²) in [5.41, 5.74) is 2.73. The highest BCUT2D eigenvalue weighted by Crippen LogP contribution is 2.29. The number of carbonyl (C=O) groups is 2. The molecule has 0 unspecified atom stereocenters. The third-order valence-corrected chi connectivity index (χ3v) is 7.35. The van der Waals surface area contributed by atoms with Gasteiger partial charge < -0.3 is 20.4 Å². The van der Waals surface area contributed by atoms with Crippen LogP contribution in [0.2, 0.25) is 0 Å². The van der Waals surface area contributed by atoms with Crippen LogP contribution in [-0.4, -0.2) is 59.6 Å². The number of piperazine rings is 1. The molecule has 3 heterocycles. The molecule has 1 aliphatic heterocycles. The van der Waals surface area contributed by atoms with Crippen LogP contribution in [0, 0.1) is 0 Å². The van der Waals surface area contributed by atoms with E-state index in [1.54, 1.807) is 6.07 Å². The minimum atomic E-state index is -0.223. The van der Waals surface area contributed by atoms with Gasteiger partial charge in [0, 0.05) is 44.0 Å². The van der Waals surface area contributed by atoms with Gasteiger partial charge in [0.2, 0.25) is 0 Å². The monoisotopic (exact) mass is 488 g/mol. The number of nitrogens with one attached hydrogen (secondary N) is 3. The standard InChI is InChI=1S/C26H28N6O2S/c1-2-31-12-14-32(15-13-31)20-10-8-19(9-11-20)24(33)28-23-21-16-22(35-26(21)30-29-23)25(34)27-17-18-6-4-3-5-7-18/h3-11,16H,2,12-15,17H2,1H3,(H,27,34)(H2,28,29,30,33). The lowest BCUT2D eigenvalue weighted by Gasteiger charge is -2.35. The number of aromatic nitrogens is 2. The molecule has 0 bridgehead atoms. The second-order valence-electron chi connectivity index (χ2n) is 8.52. The van der Waals surface area contributed by atoms with Gasteiger partial charge in [-0.05, 0) is 42.4 Å². The van der Waals surface area contributed by atoms with Crippen LogP contribution in [0.3, 0.4) is 0 Å². The molecule has 0 spiro atoms. The van der Waals surface area contributed by atoms with Gasteiger partial charge in [-0.25, -0.2) is 0 Å². The molecule has 2 aromatic carbocycles. The van der Waals surface area contributed by atoms with Crippen LogP contribution in [0.25, 0.3) is 10.2 Å². The molecule has 1 fully saturated rings. The average Bonchev–Trinajstić information content (AvgIpc) is 3.50. The summed E-state index contributed by atoms with van der Waals surface area (Å²) in [7, 11) is 0. The molecule has 0 aliphatic carbocycles. The van der Waals surface area contributed by atoms with E-state index in [9.17, 15) is 9.59 Å². The Hall–Kier alpha value is -3.69. The molecule has 0 radical (unpaired) electrons. The fraction of sp³-hybridized carbons (Fsp3) is 0.269. The molecule has 180 valence electrons. The molecule has 5 rings (SSSR count). The summed E-state index contributed by atoms with van der Waals surface area (Å²) in [6, 6.07) is 19.2. The fourth-order valence-electron chi connectivity index (χ4n) is 4.21. The van der Waals surface area contributed by atoms with Crippen molar-refractivity contribution in [2.45, 2.75) is 13.5 Å². The van der Waals surface area contributed by atoms with Gasteiger partial charge in [0.15, 0.2) is 0 Å². The highest BCUT2D eigenvalue weighted by molar-refractivity contribution is 7.20. The highest BCUT2D eigenvalue weighted by atomic mass is 32.1. The van der Waals surface area contributed by atoms with Crippen molar-refractivity contribution in [3.63, 3.8) is 0 Å². The van der Waals surface area contributed by atoms with Crippen LogP contribution >= 0.6 is 11.3 Å². The molecule has 2 aromatic heterocycles. The predicted octanol–water partition coefficient (Wildman–Crippen LogP) is 3.95. The summed E-state index contributed by atoms with van der Waals surface area (Å²) < 4.78 is 0. The topological polar surface area (TPSA) is 93.4 Å². The maximum absolute atomic E-state index is 12.9. The smallest absolute Gasteiger partial charge is 0.261 e. The summed E-state index contributed by atoms with van der Waals surface area (Å²) in [4.78, 5) is 31.5. The molecule has 8 nitrogen and oxygen atoms in total. The number of fused-ring (bicyclic) bond motifs is 1. The van der Waals surface area contributed by atoms with Crippen LogP contribution in [0.1, 0.15) is 32.5 Å². The Morgan fingerprint density at radius 1 is 1.00 bits per heavy atom. The molecular formula is C26H28N6O2S. The number of benzene rings is 2. The molecule has 3 N–H and O–H groups in total. The lowest BCUT2D eigenvalue weighted by molar-refractivity contribution is 0.0954. The molecule has 9 heteroatoms. The number of carbonyl (C=O) groups excluding carboxylic acids is 2. The molecule has 1 saturated heterocycles. The number of likely N-dealkylation sites (N-methyl/N-ethyl adjacent to an activating group) is 1. The molecule has 35 heavy (non-hydrogen) atoms. The molecule has 1 aliphatic rings. The van der Waals surface area contributed by atoms with E-state index in [1.807, 2.05) is 54.6 Å². The van der Waals surface area contributed by atoms with E-state index in [0.717, 1.165) is 49.4 Å². The van der Waals surface area contributed by atoms with E-state index in [1.165, 1.54) is 11.3 Å². The predicted molar refractivity (Wildman–Crippen MR) is 140 cm³/mol. The van der Waals surface area contributed by atoms with Gasteiger partial charge >= 0.3 is 0 Å². The van der Waals surface area contributed by atoms with E-state index in [2.05, 4.69) is 37.6 Å². The summed E-state index contributed by atoms with van der Waals surface area (Å²) in [5.74, 6) is 0.104. The van der Waals surface area contributed by atoms with Gasteiger partial charge in [0.25, 0.3) is 11.8 Å². The number of nitrogens with zero attached hydrogens (tertiary/aromatic N) is 3. The van der Waals surface area contributed by atoms with Gasteiger partial charge in [-0.1, -0.05) is 37.3 Å². The quantitative estimate of drug-likeness (QED) is 0.366. The number of amides is 2. The number of rotatable bonds is 7. The van der Waals surface area contributed by atoms with Crippen molar-refractivity contribution in [2.24, 2.45) is 0 Å². The number of anilines is 2. The Balaban J connectivity index is 1.22. The second-order valence-corrected chi connectivity index (χ2v) is 9.55. The first-order chi connectivity index (χ1) is 17.1. The van der Waals surface area contributed by atoms with Crippen molar-refractivity contribution in [2.75, 3.05) is 42.9 Å². The van der Waals surface area contributed by atoms with Crippen molar-refractivity contribution in [3.8, 4) is 0 Å². The summed E-state index contributed by atoms with van der Waals surface area (Å²) in [6.45, 7) is 7.82.